The second kappa shape index (κ2) is 7.50. The molecule has 152 valence electrons. The van der Waals surface area contributed by atoms with Crippen molar-refractivity contribution in [1.29, 1.82) is 0 Å². The average molecular weight is 477 g/mol. The lowest BCUT2D eigenvalue weighted by atomic mass is 9.79. The van der Waals surface area contributed by atoms with Crippen LogP contribution in [0.15, 0.2) is 46.9 Å². The van der Waals surface area contributed by atoms with Gasteiger partial charge in [0.05, 0.1) is 19.8 Å². The van der Waals surface area contributed by atoms with Gasteiger partial charge >= 0.3 is 5.97 Å². The standard InChI is InChI=1S/C21H21BrN2O4S/c1-4-27-19(25)17-18-15-11-14(26-3)9-10-16(15)28-21(17,2)24(20(29)23-18)13-7-5-12(22)6-8-13/h5-11,17-18H,4H2,1-3H3,(H,23,29). The summed E-state index contributed by atoms with van der Waals surface area (Å²) in [5.74, 6) is 0.376. The van der Waals surface area contributed by atoms with Crippen molar-refractivity contribution in [3.8, 4) is 11.5 Å². The fourth-order valence-corrected chi connectivity index (χ4v) is 4.74. The van der Waals surface area contributed by atoms with E-state index in [4.69, 9.17) is 26.4 Å². The molecular formula is C21H21BrN2O4S. The number of rotatable bonds is 4. The molecule has 1 N–H and O–H groups in total. The van der Waals surface area contributed by atoms with E-state index in [9.17, 15) is 4.79 Å². The maximum absolute atomic E-state index is 13.1. The number of halogens is 1. The fraction of sp³-hybridized carbons (Fsp3) is 0.333. The van der Waals surface area contributed by atoms with Crippen molar-refractivity contribution in [2.24, 2.45) is 5.92 Å². The van der Waals surface area contributed by atoms with Gasteiger partial charge in [-0.2, -0.15) is 0 Å². The van der Waals surface area contributed by atoms with Gasteiger partial charge in [0.1, 0.15) is 17.4 Å². The number of benzene rings is 2. The number of nitrogens with one attached hydrogen (secondary N) is 1. The number of fused-ring (bicyclic) bond motifs is 4. The van der Waals surface area contributed by atoms with Crippen LogP contribution in [0.25, 0.3) is 0 Å². The Morgan fingerprint density at radius 3 is 2.69 bits per heavy atom. The molecule has 4 rings (SSSR count). The van der Waals surface area contributed by atoms with E-state index >= 15 is 0 Å². The number of nitrogens with zero attached hydrogens (tertiary/aromatic N) is 1. The van der Waals surface area contributed by atoms with Gasteiger partial charge in [-0.3, -0.25) is 9.69 Å². The van der Waals surface area contributed by atoms with Crippen LogP contribution in [0.5, 0.6) is 11.5 Å². The summed E-state index contributed by atoms with van der Waals surface area (Å²) in [6.07, 6.45) is 0. The van der Waals surface area contributed by atoms with Gasteiger partial charge in [0.25, 0.3) is 0 Å². The molecular weight excluding hydrogens is 456 g/mol. The number of thiocarbonyl (C=S) groups is 1. The van der Waals surface area contributed by atoms with Gasteiger partial charge in [-0.1, -0.05) is 15.9 Å². The summed E-state index contributed by atoms with van der Waals surface area (Å²) >= 11 is 9.16. The quantitative estimate of drug-likeness (QED) is 0.524. The van der Waals surface area contributed by atoms with Crippen molar-refractivity contribution in [3.05, 3.63) is 52.5 Å². The molecule has 0 saturated carbocycles. The summed E-state index contributed by atoms with van der Waals surface area (Å²) in [6, 6.07) is 12.9. The molecule has 0 amide bonds. The summed E-state index contributed by atoms with van der Waals surface area (Å²) in [6.45, 7) is 3.96. The topological polar surface area (TPSA) is 60.0 Å². The number of esters is 1. The molecule has 29 heavy (non-hydrogen) atoms. The molecule has 0 aromatic heterocycles. The van der Waals surface area contributed by atoms with Crippen molar-refractivity contribution in [3.63, 3.8) is 0 Å². The Labute approximate surface area is 183 Å². The van der Waals surface area contributed by atoms with Gasteiger partial charge in [0.15, 0.2) is 5.11 Å². The van der Waals surface area contributed by atoms with Crippen LogP contribution in [0.4, 0.5) is 5.69 Å². The van der Waals surface area contributed by atoms with E-state index in [1.54, 1.807) is 14.0 Å². The molecule has 6 nitrogen and oxygen atoms in total. The minimum absolute atomic E-state index is 0.284. The zero-order valence-corrected chi connectivity index (χ0v) is 18.7. The van der Waals surface area contributed by atoms with E-state index in [0.29, 0.717) is 16.6 Å². The summed E-state index contributed by atoms with van der Waals surface area (Å²) in [4.78, 5) is 14.9. The summed E-state index contributed by atoms with van der Waals surface area (Å²) in [5.41, 5.74) is 0.574. The lowest BCUT2D eigenvalue weighted by Crippen LogP contribution is -2.71. The van der Waals surface area contributed by atoms with Crippen molar-refractivity contribution in [1.82, 2.24) is 5.32 Å². The molecule has 2 aliphatic rings. The highest BCUT2D eigenvalue weighted by Crippen LogP contribution is 2.50. The third-order valence-electron chi connectivity index (χ3n) is 5.33. The van der Waals surface area contributed by atoms with Crippen LogP contribution in [0.3, 0.4) is 0 Å². The van der Waals surface area contributed by atoms with Crippen LogP contribution in [0.2, 0.25) is 0 Å². The molecule has 8 heteroatoms. The van der Waals surface area contributed by atoms with Gasteiger partial charge in [-0.05, 0) is 68.5 Å². The Hall–Kier alpha value is -2.32. The van der Waals surface area contributed by atoms with Crippen LogP contribution in [-0.4, -0.2) is 30.5 Å². The number of hydrogen-bond donors (Lipinski definition) is 1. The number of methoxy groups -OCH3 is 1. The lowest BCUT2D eigenvalue weighted by Gasteiger charge is -2.55. The smallest absolute Gasteiger partial charge is 0.317 e. The van der Waals surface area contributed by atoms with Crippen molar-refractivity contribution < 1.29 is 19.0 Å². The van der Waals surface area contributed by atoms with Gasteiger partial charge in [-0.25, -0.2) is 0 Å². The third kappa shape index (κ3) is 3.24. The molecule has 3 unspecified atom stereocenters. The molecule has 1 fully saturated rings. The molecule has 2 bridgehead atoms. The minimum Gasteiger partial charge on any atom is -0.497 e. The Kier molecular flexibility index (Phi) is 5.16. The first-order valence-electron chi connectivity index (χ1n) is 9.29. The molecule has 3 atom stereocenters. The Balaban J connectivity index is 1.88. The molecule has 2 aromatic carbocycles. The maximum Gasteiger partial charge on any atom is 0.317 e. The summed E-state index contributed by atoms with van der Waals surface area (Å²) in [7, 11) is 1.60. The van der Waals surface area contributed by atoms with Crippen LogP contribution in [0.1, 0.15) is 25.5 Å². The SMILES string of the molecule is CCOC(=O)C1C2NC(=S)N(c3ccc(Br)cc3)C1(C)Oc1ccc(OC)cc12. The van der Waals surface area contributed by atoms with Gasteiger partial charge in [-0.15, -0.1) is 0 Å². The third-order valence-corrected chi connectivity index (χ3v) is 6.16. The van der Waals surface area contributed by atoms with Gasteiger partial charge in [0.2, 0.25) is 5.72 Å². The Morgan fingerprint density at radius 2 is 2.03 bits per heavy atom. The normalized spacial score (nSPS) is 24.8. The molecule has 2 aromatic rings. The molecule has 0 radical (unpaired) electrons. The van der Waals surface area contributed by atoms with E-state index in [-0.39, 0.29) is 12.6 Å². The Bertz CT molecular complexity index is 968. The first-order valence-corrected chi connectivity index (χ1v) is 10.5. The van der Waals surface area contributed by atoms with Gasteiger partial charge < -0.3 is 19.5 Å². The predicted molar refractivity (Wildman–Crippen MR) is 117 cm³/mol. The minimum atomic E-state index is -1.06. The number of ether oxygens (including phenoxy) is 3. The molecule has 2 heterocycles. The largest absolute Gasteiger partial charge is 0.497 e. The second-order valence-electron chi connectivity index (χ2n) is 7.03. The zero-order valence-electron chi connectivity index (χ0n) is 16.3. The molecule has 1 saturated heterocycles. The van der Waals surface area contributed by atoms with Crippen LogP contribution in [-0.2, 0) is 9.53 Å². The number of hydrogen-bond acceptors (Lipinski definition) is 5. The predicted octanol–water partition coefficient (Wildman–Crippen LogP) is 4.18. The summed E-state index contributed by atoms with van der Waals surface area (Å²) < 4.78 is 18.2. The summed E-state index contributed by atoms with van der Waals surface area (Å²) in [5, 5.41) is 3.82. The monoisotopic (exact) mass is 476 g/mol. The Morgan fingerprint density at radius 1 is 1.31 bits per heavy atom. The fourth-order valence-electron chi connectivity index (χ4n) is 4.06. The maximum atomic E-state index is 13.1. The highest BCUT2D eigenvalue weighted by molar-refractivity contribution is 9.10. The van der Waals surface area contributed by atoms with E-state index in [1.807, 2.05) is 54.3 Å². The number of anilines is 1. The first kappa shape index (κ1) is 20.0. The van der Waals surface area contributed by atoms with Crippen molar-refractivity contribution in [2.75, 3.05) is 18.6 Å². The molecule has 2 aliphatic heterocycles. The van der Waals surface area contributed by atoms with Crippen LogP contribution < -0.4 is 19.7 Å². The second-order valence-corrected chi connectivity index (χ2v) is 8.33. The highest BCUT2D eigenvalue weighted by atomic mass is 79.9. The van der Waals surface area contributed by atoms with Crippen molar-refractivity contribution in [2.45, 2.75) is 25.6 Å². The zero-order chi connectivity index (χ0) is 20.8. The number of carbonyl (C=O) groups excluding carboxylic acids is 1. The van der Waals surface area contributed by atoms with E-state index < -0.39 is 17.7 Å². The van der Waals surface area contributed by atoms with Crippen molar-refractivity contribution >= 4 is 44.9 Å². The number of carbonyl (C=O) groups is 1. The first-order chi connectivity index (χ1) is 13.9. The van der Waals surface area contributed by atoms with E-state index in [2.05, 4.69) is 21.2 Å². The molecule has 0 spiro atoms. The van der Waals surface area contributed by atoms with Crippen LogP contribution >= 0.6 is 28.1 Å². The highest BCUT2D eigenvalue weighted by Gasteiger charge is 2.59. The van der Waals surface area contributed by atoms with E-state index in [1.165, 1.54) is 0 Å². The lowest BCUT2D eigenvalue weighted by molar-refractivity contribution is -0.159. The average Bonchev–Trinajstić information content (AvgIpc) is 2.68. The van der Waals surface area contributed by atoms with Crippen LogP contribution in [0, 0.1) is 5.92 Å². The van der Waals surface area contributed by atoms with E-state index in [0.717, 1.165) is 15.7 Å². The molecule has 0 aliphatic carbocycles. The van der Waals surface area contributed by atoms with Gasteiger partial charge in [0, 0.05) is 15.7 Å².